The van der Waals surface area contributed by atoms with Crippen LogP contribution in [0.15, 0.2) is 24.3 Å². The summed E-state index contributed by atoms with van der Waals surface area (Å²) in [5, 5.41) is 0. The SMILES string of the molecule is CCCC(C)N(C)C(c1ccccc1OC)C(C)N. The summed E-state index contributed by atoms with van der Waals surface area (Å²) in [4.78, 5) is 2.37. The molecule has 2 N–H and O–H groups in total. The molecule has 0 aliphatic carbocycles. The number of likely N-dealkylation sites (N-methyl/N-ethyl adjacent to an activating group) is 1. The normalized spacial score (nSPS) is 16.2. The fourth-order valence-corrected chi connectivity index (χ4v) is 2.68. The van der Waals surface area contributed by atoms with Crippen molar-refractivity contribution in [1.82, 2.24) is 4.90 Å². The predicted octanol–water partition coefficient (Wildman–Crippen LogP) is 3.20. The Morgan fingerprint density at radius 2 is 1.89 bits per heavy atom. The first-order chi connectivity index (χ1) is 9.02. The summed E-state index contributed by atoms with van der Waals surface area (Å²) in [6, 6.07) is 8.90. The van der Waals surface area contributed by atoms with Crippen LogP contribution in [0, 0.1) is 0 Å². The molecule has 0 aromatic heterocycles. The molecule has 0 saturated carbocycles. The van der Waals surface area contributed by atoms with Crippen LogP contribution in [0.1, 0.15) is 45.2 Å². The van der Waals surface area contributed by atoms with Crippen LogP contribution in [0.2, 0.25) is 0 Å². The highest BCUT2D eigenvalue weighted by Gasteiger charge is 2.26. The van der Waals surface area contributed by atoms with Crippen LogP contribution in [0.25, 0.3) is 0 Å². The maximum atomic E-state index is 6.23. The van der Waals surface area contributed by atoms with Gasteiger partial charge in [0.25, 0.3) is 0 Å². The molecule has 1 aromatic carbocycles. The molecule has 3 unspecified atom stereocenters. The number of nitrogens with zero attached hydrogens (tertiary/aromatic N) is 1. The van der Waals surface area contributed by atoms with Crippen LogP contribution in [-0.2, 0) is 0 Å². The van der Waals surface area contributed by atoms with E-state index >= 15 is 0 Å². The van der Waals surface area contributed by atoms with E-state index in [4.69, 9.17) is 10.5 Å². The van der Waals surface area contributed by atoms with Crippen LogP contribution in [0.4, 0.5) is 0 Å². The first kappa shape index (κ1) is 16.0. The summed E-state index contributed by atoms with van der Waals surface area (Å²) in [5.74, 6) is 0.917. The number of nitrogens with two attached hydrogens (primary N) is 1. The van der Waals surface area contributed by atoms with Gasteiger partial charge in [-0.1, -0.05) is 31.5 Å². The van der Waals surface area contributed by atoms with Crippen molar-refractivity contribution in [2.75, 3.05) is 14.2 Å². The van der Waals surface area contributed by atoms with Gasteiger partial charge in [-0.3, -0.25) is 4.90 Å². The number of hydrogen-bond donors (Lipinski definition) is 1. The summed E-state index contributed by atoms with van der Waals surface area (Å²) in [6.07, 6.45) is 2.36. The Bertz CT molecular complexity index is 379. The molecule has 0 fully saturated rings. The highest BCUT2D eigenvalue weighted by atomic mass is 16.5. The van der Waals surface area contributed by atoms with Crippen molar-refractivity contribution in [2.24, 2.45) is 5.73 Å². The van der Waals surface area contributed by atoms with Crippen molar-refractivity contribution in [3.05, 3.63) is 29.8 Å². The van der Waals surface area contributed by atoms with Crippen molar-refractivity contribution in [1.29, 1.82) is 0 Å². The van der Waals surface area contributed by atoms with Gasteiger partial charge in [0, 0.05) is 17.6 Å². The van der Waals surface area contributed by atoms with Gasteiger partial charge in [-0.15, -0.1) is 0 Å². The Morgan fingerprint density at radius 3 is 2.42 bits per heavy atom. The highest BCUT2D eigenvalue weighted by Crippen LogP contribution is 2.32. The minimum absolute atomic E-state index is 0.0561. The van der Waals surface area contributed by atoms with E-state index in [1.165, 1.54) is 18.4 Å². The topological polar surface area (TPSA) is 38.5 Å². The van der Waals surface area contributed by atoms with Crippen molar-refractivity contribution in [3.63, 3.8) is 0 Å². The predicted molar refractivity (Wildman–Crippen MR) is 81.5 cm³/mol. The van der Waals surface area contributed by atoms with Crippen molar-refractivity contribution >= 4 is 0 Å². The van der Waals surface area contributed by atoms with Gasteiger partial charge in [0.2, 0.25) is 0 Å². The first-order valence-electron chi connectivity index (χ1n) is 7.13. The van der Waals surface area contributed by atoms with Gasteiger partial charge in [-0.05, 0) is 33.4 Å². The summed E-state index contributed by atoms with van der Waals surface area (Å²) >= 11 is 0. The van der Waals surface area contributed by atoms with E-state index in [1.54, 1.807) is 7.11 Å². The number of methoxy groups -OCH3 is 1. The molecule has 0 spiro atoms. The number of benzene rings is 1. The summed E-state index contributed by atoms with van der Waals surface area (Å²) in [6.45, 7) is 6.54. The molecular weight excluding hydrogens is 236 g/mol. The number of hydrogen-bond acceptors (Lipinski definition) is 3. The fourth-order valence-electron chi connectivity index (χ4n) is 2.68. The van der Waals surface area contributed by atoms with E-state index in [1.807, 2.05) is 18.2 Å². The standard InChI is InChI=1S/C16H28N2O/c1-6-9-12(2)18(4)16(13(3)17)14-10-7-8-11-15(14)19-5/h7-8,10-13,16H,6,9,17H2,1-5H3. The minimum atomic E-state index is 0.0561. The van der Waals surface area contributed by atoms with Crippen LogP contribution < -0.4 is 10.5 Å². The molecule has 0 amide bonds. The molecule has 0 aliphatic heterocycles. The molecule has 3 heteroatoms. The molecule has 1 aromatic rings. The second-order valence-electron chi connectivity index (χ2n) is 5.35. The number of ether oxygens (including phenoxy) is 1. The third kappa shape index (κ3) is 3.95. The van der Waals surface area contributed by atoms with Gasteiger partial charge in [-0.25, -0.2) is 0 Å². The summed E-state index contributed by atoms with van der Waals surface area (Å²) in [5.41, 5.74) is 7.40. The number of para-hydroxylation sites is 1. The van der Waals surface area contributed by atoms with Gasteiger partial charge in [0.15, 0.2) is 0 Å². The fraction of sp³-hybridized carbons (Fsp3) is 0.625. The Labute approximate surface area is 117 Å². The highest BCUT2D eigenvalue weighted by molar-refractivity contribution is 5.36. The monoisotopic (exact) mass is 264 g/mol. The Kier molecular flexibility index (Phi) is 6.32. The van der Waals surface area contributed by atoms with Gasteiger partial charge < -0.3 is 10.5 Å². The zero-order valence-electron chi connectivity index (χ0n) is 12.9. The molecule has 0 radical (unpaired) electrons. The first-order valence-corrected chi connectivity index (χ1v) is 7.13. The van der Waals surface area contributed by atoms with Gasteiger partial charge in [-0.2, -0.15) is 0 Å². The molecule has 0 saturated heterocycles. The number of rotatable bonds is 7. The lowest BCUT2D eigenvalue weighted by atomic mass is 9.96. The molecule has 3 nitrogen and oxygen atoms in total. The maximum absolute atomic E-state index is 6.23. The molecule has 19 heavy (non-hydrogen) atoms. The third-order valence-electron chi connectivity index (χ3n) is 3.80. The zero-order valence-corrected chi connectivity index (χ0v) is 12.9. The molecule has 0 aliphatic rings. The molecule has 1 rings (SSSR count). The van der Waals surface area contributed by atoms with E-state index < -0.39 is 0 Å². The zero-order chi connectivity index (χ0) is 14.4. The largest absolute Gasteiger partial charge is 0.496 e. The Balaban J connectivity index is 3.06. The van der Waals surface area contributed by atoms with E-state index in [2.05, 4.69) is 38.8 Å². The average Bonchev–Trinajstić information content (AvgIpc) is 2.39. The van der Waals surface area contributed by atoms with Crippen LogP contribution in [0.3, 0.4) is 0 Å². The quantitative estimate of drug-likeness (QED) is 0.822. The van der Waals surface area contributed by atoms with Gasteiger partial charge >= 0.3 is 0 Å². The van der Waals surface area contributed by atoms with Crippen molar-refractivity contribution in [2.45, 2.75) is 51.7 Å². The van der Waals surface area contributed by atoms with E-state index in [0.29, 0.717) is 6.04 Å². The maximum Gasteiger partial charge on any atom is 0.123 e. The van der Waals surface area contributed by atoms with Crippen LogP contribution in [0.5, 0.6) is 5.75 Å². The Morgan fingerprint density at radius 1 is 1.26 bits per heavy atom. The molecule has 108 valence electrons. The second-order valence-corrected chi connectivity index (χ2v) is 5.35. The third-order valence-corrected chi connectivity index (χ3v) is 3.80. The van der Waals surface area contributed by atoms with Crippen LogP contribution in [-0.4, -0.2) is 31.1 Å². The molecule has 0 bridgehead atoms. The van der Waals surface area contributed by atoms with Gasteiger partial charge in [0.1, 0.15) is 5.75 Å². The smallest absolute Gasteiger partial charge is 0.123 e. The average molecular weight is 264 g/mol. The molecular formula is C16H28N2O. The Hall–Kier alpha value is -1.06. The lowest BCUT2D eigenvalue weighted by molar-refractivity contribution is 0.154. The molecule has 0 heterocycles. The van der Waals surface area contributed by atoms with E-state index in [9.17, 15) is 0 Å². The lowest BCUT2D eigenvalue weighted by Gasteiger charge is -2.36. The van der Waals surface area contributed by atoms with E-state index in [0.717, 1.165) is 5.75 Å². The summed E-state index contributed by atoms with van der Waals surface area (Å²) in [7, 11) is 3.87. The minimum Gasteiger partial charge on any atom is -0.496 e. The van der Waals surface area contributed by atoms with E-state index in [-0.39, 0.29) is 12.1 Å². The molecule has 3 atom stereocenters. The van der Waals surface area contributed by atoms with Gasteiger partial charge in [0.05, 0.1) is 13.2 Å². The van der Waals surface area contributed by atoms with Crippen molar-refractivity contribution < 1.29 is 4.74 Å². The summed E-state index contributed by atoms with van der Waals surface area (Å²) < 4.78 is 5.48. The van der Waals surface area contributed by atoms with Crippen molar-refractivity contribution in [3.8, 4) is 5.75 Å². The second kappa shape index (κ2) is 7.51. The van der Waals surface area contributed by atoms with Crippen LogP contribution >= 0.6 is 0 Å². The lowest BCUT2D eigenvalue weighted by Crippen LogP contribution is -2.41.